The number of non-ortho nitro benzene ring substituents is 1. The Morgan fingerprint density at radius 2 is 2.15 bits per heavy atom. The topological polar surface area (TPSA) is 68.1 Å². The van der Waals surface area contributed by atoms with Crippen molar-refractivity contribution in [1.29, 1.82) is 0 Å². The molecule has 3 rings (SSSR count). The fourth-order valence-corrected chi connectivity index (χ4v) is 2.60. The maximum Gasteiger partial charge on any atom is 0.277 e. The minimum absolute atomic E-state index is 0.129. The first-order chi connectivity index (χ1) is 9.65. The Hall–Kier alpha value is -2.17. The molecule has 0 radical (unpaired) electrons. The van der Waals surface area contributed by atoms with Crippen molar-refractivity contribution in [3.63, 3.8) is 0 Å². The van der Waals surface area contributed by atoms with Gasteiger partial charge >= 0.3 is 0 Å². The third-order valence-electron chi connectivity index (χ3n) is 4.35. The van der Waals surface area contributed by atoms with Crippen LogP contribution in [-0.2, 0) is 0 Å². The van der Waals surface area contributed by atoms with Crippen molar-refractivity contribution in [2.75, 3.05) is 11.9 Å². The van der Waals surface area contributed by atoms with E-state index in [1.165, 1.54) is 19.3 Å². The van der Waals surface area contributed by atoms with Crippen molar-refractivity contribution in [3.05, 3.63) is 40.7 Å². The van der Waals surface area contributed by atoms with E-state index in [0.717, 1.165) is 17.6 Å². The molecule has 1 saturated carbocycles. The van der Waals surface area contributed by atoms with E-state index in [9.17, 15) is 10.1 Å². The van der Waals surface area contributed by atoms with E-state index in [0.29, 0.717) is 10.8 Å². The second kappa shape index (κ2) is 4.74. The zero-order chi connectivity index (χ0) is 14.2. The summed E-state index contributed by atoms with van der Waals surface area (Å²) in [4.78, 5) is 14.8. The van der Waals surface area contributed by atoms with Crippen LogP contribution in [0.15, 0.2) is 30.6 Å². The van der Waals surface area contributed by atoms with Crippen LogP contribution < -0.4 is 5.32 Å². The minimum Gasteiger partial charge on any atom is -0.384 e. The predicted molar refractivity (Wildman–Crippen MR) is 78.8 cm³/mol. The Morgan fingerprint density at radius 1 is 1.35 bits per heavy atom. The number of benzene rings is 1. The van der Waals surface area contributed by atoms with Crippen molar-refractivity contribution >= 4 is 22.1 Å². The fraction of sp³-hybridized carbons (Fsp3) is 0.400. The quantitative estimate of drug-likeness (QED) is 0.664. The molecule has 1 N–H and O–H groups in total. The number of hydrogen-bond acceptors (Lipinski definition) is 4. The number of nitrogens with one attached hydrogen (secondary N) is 1. The van der Waals surface area contributed by atoms with Crippen molar-refractivity contribution in [3.8, 4) is 0 Å². The molecule has 0 atom stereocenters. The molecule has 0 spiro atoms. The second-order valence-electron chi connectivity index (χ2n) is 5.52. The lowest BCUT2D eigenvalue weighted by Crippen LogP contribution is -2.14. The number of nitrogens with zero attached hydrogens (tertiary/aromatic N) is 2. The average Bonchev–Trinajstić information content (AvgIpc) is 3.25. The summed E-state index contributed by atoms with van der Waals surface area (Å²) in [6.45, 7) is 3.13. The number of fused-ring (bicyclic) bond motifs is 1. The van der Waals surface area contributed by atoms with Gasteiger partial charge in [0.05, 0.1) is 10.3 Å². The van der Waals surface area contributed by atoms with Crippen LogP contribution in [0.5, 0.6) is 0 Å². The van der Waals surface area contributed by atoms with Crippen molar-refractivity contribution in [2.45, 2.75) is 26.2 Å². The number of nitro groups is 1. The van der Waals surface area contributed by atoms with Gasteiger partial charge in [-0.05, 0) is 36.8 Å². The maximum absolute atomic E-state index is 11.1. The lowest BCUT2D eigenvalue weighted by Gasteiger charge is -2.15. The number of rotatable bonds is 5. The van der Waals surface area contributed by atoms with E-state index in [-0.39, 0.29) is 10.6 Å². The van der Waals surface area contributed by atoms with Gasteiger partial charge in [0.25, 0.3) is 5.69 Å². The summed E-state index contributed by atoms with van der Waals surface area (Å²) in [5.74, 6) is 0. The third-order valence-corrected chi connectivity index (χ3v) is 4.35. The first-order valence-electron chi connectivity index (χ1n) is 6.90. The molecule has 1 fully saturated rings. The zero-order valence-corrected chi connectivity index (χ0v) is 11.4. The lowest BCUT2D eigenvalue weighted by molar-refractivity contribution is -0.383. The van der Waals surface area contributed by atoms with Crippen LogP contribution in [0.1, 0.15) is 26.2 Å². The van der Waals surface area contributed by atoms with E-state index >= 15 is 0 Å². The molecule has 0 amide bonds. The summed E-state index contributed by atoms with van der Waals surface area (Å²) in [5.41, 5.74) is 1.49. The molecule has 1 heterocycles. The standard InChI is InChI=1S/C15H17N3O2/c1-2-15(6-7-15)10-17-13-3-4-14(18(19)20)11-5-8-16-9-12(11)13/h3-5,8-9,17H,2,6-7,10H2,1H3. The summed E-state index contributed by atoms with van der Waals surface area (Å²) in [7, 11) is 0. The fourth-order valence-electron chi connectivity index (χ4n) is 2.60. The van der Waals surface area contributed by atoms with Crippen molar-refractivity contribution in [1.82, 2.24) is 4.98 Å². The van der Waals surface area contributed by atoms with Gasteiger partial charge in [-0.25, -0.2) is 0 Å². The molecule has 5 nitrogen and oxygen atoms in total. The molecule has 5 heteroatoms. The molecule has 2 aromatic rings. The van der Waals surface area contributed by atoms with Gasteiger partial charge in [-0.3, -0.25) is 15.1 Å². The molecule has 0 unspecified atom stereocenters. The Bertz CT molecular complexity index is 665. The molecular weight excluding hydrogens is 254 g/mol. The van der Waals surface area contributed by atoms with Crippen molar-refractivity contribution in [2.24, 2.45) is 5.41 Å². The highest BCUT2D eigenvalue weighted by Gasteiger charge is 2.40. The Labute approximate surface area is 117 Å². The van der Waals surface area contributed by atoms with Crippen LogP contribution in [0.4, 0.5) is 11.4 Å². The maximum atomic E-state index is 11.1. The van der Waals surface area contributed by atoms with Crippen LogP contribution >= 0.6 is 0 Å². The average molecular weight is 271 g/mol. The van der Waals surface area contributed by atoms with Gasteiger partial charge in [-0.15, -0.1) is 0 Å². The molecule has 1 aliphatic rings. The summed E-state index contributed by atoms with van der Waals surface area (Å²) in [5, 5.41) is 16.0. The number of anilines is 1. The van der Waals surface area contributed by atoms with Crippen LogP contribution in [0.2, 0.25) is 0 Å². The van der Waals surface area contributed by atoms with E-state index < -0.39 is 0 Å². The number of nitro benzene ring substituents is 1. The highest BCUT2D eigenvalue weighted by molar-refractivity contribution is 5.99. The first kappa shape index (κ1) is 12.8. The summed E-state index contributed by atoms with van der Waals surface area (Å²) in [6.07, 6.45) is 6.98. The molecular formula is C15H17N3O2. The van der Waals surface area contributed by atoms with Gasteiger partial charge in [0, 0.05) is 36.1 Å². The van der Waals surface area contributed by atoms with Gasteiger partial charge in [0.1, 0.15) is 0 Å². The van der Waals surface area contributed by atoms with Crippen molar-refractivity contribution < 1.29 is 4.92 Å². The zero-order valence-electron chi connectivity index (χ0n) is 11.4. The van der Waals surface area contributed by atoms with Gasteiger partial charge < -0.3 is 5.32 Å². The largest absolute Gasteiger partial charge is 0.384 e. The van der Waals surface area contributed by atoms with Crippen LogP contribution in [-0.4, -0.2) is 16.5 Å². The summed E-state index contributed by atoms with van der Waals surface area (Å²) in [6, 6.07) is 5.05. The van der Waals surface area contributed by atoms with E-state index in [1.807, 2.05) is 0 Å². The SMILES string of the molecule is CCC1(CNc2ccc([N+](=O)[O-])c3ccncc23)CC1. The molecule has 0 saturated heterocycles. The molecule has 0 aliphatic heterocycles. The van der Waals surface area contributed by atoms with E-state index in [2.05, 4.69) is 17.2 Å². The molecule has 104 valence electrons. The van der Waals surface area contributed by atoms with E-state index in [4.69, 9.17) is 0 Å². The number of hydrogen-bond donors (Lipinski definition) is 1. The van der Waals surface area contributed by atoms with Crippen LogP contribution in [0.3, 0.4) is 0 Å². The Balaban J connectivity index is 1.96. The van der Waals surface area contributed by atoms with Gasteiger partial charge in [0.2, 0.25) is 0 Å². The minimum atomic E-state index is -0.347. The van der Waals surface area contributed by atoms with Crippen LogP contribution in [0.25, 0.3) is 10.8 Å². The number of aromatic nitrogens is 1. The molecule has 1 aromatic carbocycles. The smallest absolute Gasteiger partial charge is 0.277 e. The predicted octanol–water partition coefficient (Wildman–Crippen LogP) is 3.75. The molecule has 0 bridgehead atoms. The Kier molecular flexibility index (Phi) is 3.04. The normalized spacial score (nSPS) is 16.1. The van der Waals surface area contributed by atoms with Gasteiger partial charge in [-0.2, -0.15) is 0 Å². The Morgan fingerprint density at radius 3 is 2.80 bits per heavy atom. The van der Waals surface area contributed by atoms with Crippen LogP contribution in [0, 0.1) is 15.5 Å². The van der Waals surface area contributed by atoms with E-state index in [1.54, 1.807) is 30.6 Å². The lowest BCUT2D eigenvalue weighted by atomic mass is 10.0. The molecule has 1 aromatic heterocycles. The summed E-state index contributed by atoms with van der Waals surface area (Å²) < 4.78 is 0. The number of pyridine rings is 1. The van der Waals surface area contributed by atoms with Gasteiger partial charge in [0.15, 0.2) is 0 Å². The first-order valence-corrected chi connectivity index (χ1v) is 6.90. The monoisotopic (exact) mass is 271 g/mol. The van der Waals surface area contributed by atoms with Gasteiger partial charge in [-0.1, -0.05) is 6.92 Å². The third kappa shape index (κ3) is 2.19. The highest BCUT2D eigenvalue weighted by atomic mass is 16.6. The summed E-state index contributed by atoms with van der Waals surface area (Å²) >= 11 is 0. The molecule has 20 heavy (non-hydrogen) atoms. The molecule has 1 aliphatic carbocycles. The second-order valence-corrected chi connectivity index (χ2v) is 5.52. The highest BCUT2D eigenvalue weighted by Crippen LogP contribution is 2.48.